The average molecular weight is 158 g/mol. The van der Waals surface area contributed by atoms with E-state index in [4.69, 9.17) is 0 Å². The molecule has 34 valence electrons. The van der Waals surface area contributed by atoms with Gasteiger partial charge in [-0.1, -0.05) is 0 Å². The van der Waals surface area contributed by atoms with Crippen molar-refractivity contribution in [1.82, 2.24) is 15.4 Å². The molecule has 0 N–H and O–H groups in total. The summed E-state index contributed by atoms with van der Waals surface area (Å²) in [6, 6.07) is 0. The van der Waals surface area contributed by atoms with Crippen molar-refractivity contribution in [1.29, 1.82) is 0 Å². The van der Waals surface area contributed by atoms with E-state index in [1.165, 1.54) is 9.05 Å². The quantitative estimate of drug-likeness (QED) is 0.410. The molecule has 7 heavy (non-hydrogen) atoms. The Balaban J connectivity index is 2.73. The molecule has 0 aliphatic carbocycles. The van der Waals surface area contributed by atoms with Crippen molar-refractivity contribution in [3.63, 3.8) is 0 Å². The molecule has 1 aromatic heterocycles. The molecular weight excluding hydrogens is 157 g/mol. The predicted molar refractivity (Wildman–Crippen MR) is 24.8 cm³/mol. The number of nitrogens with zero attached hydrogens (tertiary/aromatic N) is 3. The van der Waals surface area contributed by atoms with Crippen molar-refractivity contribution in [2.45, 2.75) is 0 Å². The van der Waals surface area contributed by atoms with Gasteiger partial charge in [0.05, 0.1) is 0 Å². The fraction of sp³-hybridized carbons (Fsp3) is 0. The zero-order chi connectivity index (χ0) is 4.69. The van der Waals surface area contributed by atoms with Gasteiger partial charge in [-0.25, -0.2) is 0 Å². The van der Waals surface area contributed by atoms with Crippen molar-refractivity contribution in [2.24, 2.45) is 0 Å². The van der Waals surface area contributed by atoms with E-state index < -0.39 is 0 Å². The molecule has 0 amide bonds. The van der Waals surface area contributed by atoms with Crippen LogP contribution in [0.5, 0.6) is 0 Å². The molecule has 0 bridgehead atoms. The molecule has 3 nitrogen and oxygen atoms in total. The van der Waals surface area contributed by atoms with Crippen LogP contribution in [0.25, 0.3) is 0 Å². The molecule has 0 spiro atoms. The molecular formula is C3HN3Se. The number of rotatable bonds is 0. The van der Waals surface area contributed by atoms with Gasteiger partial charge < -0.3 is 0 Å². The first-order valence-electron chi connectivity index (χ1n) is 1.83. The van der Waals surface area contributed by atoms with E-state index in [0.29, 0.717) is 15.0 Å². The third-order valence-corrected chi connectivity index (χ3v) is 2.44. The van der Waals surface area contributed by atoms with Gasteiger partial charge in [-0.3, -0.25) is 0 Å². The Morgan fingerprint density at radius 1 is 1.57 bits per heavy atom. The third-order valence-electron chi connectivity index (χ3n) is 0.738. The number of fused-ring (bicyclic) bond motifs is 1. The van der Waals surface area contributed by atoms with Gasteiger partial charge in [-0.15, -0.1) is 0 Å². The van der Waals surface area contributed by atoms with Gasteiger partial charge in [0.15, 0.2) is 0 Å². The molecule has 1 aliphatic heterocycles. The van der Waals surface area contributed by atoms with Crippen LogP contribution in [-0.2, 0) is 0 Å². The zero-order valence-electron chi connectivity index (χ0n) is 3.33. The summed E-state index contributed by atoms with van der Waals surface area (Å²) in [6.07, 6.45) is 1.78. The molecule has 0 fully saturated rings. The summed E-state index contributed by atoms with van der Waals surface area (Å²) in [5.74, 6) is 0. The summed E-state index contributed by atoms with van der Waals surface area (Å²) < 4.78 is 2.48. The second-order valence-corrected chi connectivity index (χ2v) is 3.37. The van der Waals surface area contributed by atoms with Crippen LogP contribution in [0.1, 0.15) is 0 Å². The Morgan fingerprint density at radius 2 is 2.57 bits per heavy atom. The van der Waals surface area contributed by atoms with Crippen molar-refractivity contribution < 1.29 is 0 Å². The Labute approximate surface area is 46.3 Å². The fourth-order valence-corrected chi connectivity index (χ4v) is 1.27. The van der Waals surface area contributed by atoms with Gasteiger partial charge in [-0.05, 0) is 0 Å². The van der Waals surface area contributed by atoms with Crippen molar-refractivity contribution >= 4 is 24.0 Å². The van der Waals surface area contributed by atoms with Gasteiger partial charge in [0.2, 0.25) is 0 Å². The monoisotopic (exact) mass is 159 g/mol. The standard InChI is InChI=1S/C3HN3Se/c1-2-3(7-2)5-6-4-1/h1H. The number of hydrogen-bond donors (Lipinski definition) is 0. The second kappa shape index (κ2) is 1.02. The van der Waals surface area contributed by atoms with Crippen molar-refractivity contribution in [3.8, 4) is 0 Å². The Kier molecular flexibility index (Phi) is 0.515. The maximum absolute atomic E-state index is 3.74. The van der Waals surface area contributed by atoms with Crippen LogP contribution < -0.4 is 9.05 Å². The minimum absolute atomic E-state index is 0.545. The van der Waals surface area contributed by atoms with E-state index in [2.05, 4.69) is 15.4 Å². The van der Waals surface area contributed by atoms with Crippen LogP contribution in [0.2, 0.25) is 0 Å². The summed E-state index contributed by atoms with van der Waals surface area (Å²) in [6.45, 7) is 0. The molecule has 4 heteroatoms. The molecule has 0 saturated heterocycles. The second-order valence-electron chi connectivity index (χ2n) is 1.21. The van der Waals surface area contributed by atoms with Crippen LogP contribution in [0, 0.1) is 0 Å². The molecule has 1 aliphatic rings. The third kappa shape index (κ3) is 0.439. The van der Waals surface area contributed by atoms with Crippen LogP contribution in [0.4, 0.5) is 0 Å². The van der Waals surface area contributed by atoms with E-state index in [0.717, 1.165) is 0 Å². The normalized spacial score (nSPS) is 13.1. The molecule has 0 unspecified atom stereocenters. The van der Waals surface area contributed by atoms with Gasteiger partial charge in [0.1, 0.15) is 0 Å². The van der Waals surface area contributed by atoms with Crippen molar-refractivity contribution in [3.05, 3.63) is 6.20 Å². The molecule has 0 atom stereocenters. The molecule has 1 aromatic rings. The average Bonchev–Trinajstić information content (AvgIpc) is 2.41. The number of hydrogen-bond acceptors (Lipinski definition) is 3. The van der Waals surface area contributed by atoms with Crippen molar-refractivity contribution in [2.75, 3.05) is 0 Å². The van der Waals surface area contributed by atoms with Gasteiger partial charge in [0.25, 0.3) is 0 Å². The van der Waals surface area contributed by atoms with Crippen LogP contribution in [-0.4, -0.2) is 30.4 Å². The van der Waals surface area contributed by atoms with E-state index >= 15 is 0 Å². The summed E-state index contributed by atoms with van der Waals surface area (Å²) in [5, 5.41) is 10.8. The molecule has 2 heterocycles. The fourth-order valence-electron chi connectivity index (χ4n) is 0.375. The van der Waals surface area contributed by atoms with Gasteiger partial charge in [0, 0.05) is 0 Å². The Morgan fingerprint density at radius 3 is 3.14 bits per heavy atom. The molecule has 0 radical (unpaired) electrons. The maximum atomic E-state index is 3.74. The van der Waals surface area contributed by atoms with E-state index in [1.807, 2.05) is 0 Å². The molecule has 0 saturated carbocycles. The van der Waals surface area contributed by atoms with Gasteiger partial charge in [-0.2, -0.15) is 0 Å². The first kappa shape index (κ1) is 3.52. The van der Waals surface area contributed by atoms with Crippen LogP contribution in [0.3, 0.4) is 0 Å². The summed E-state index contributed by atoms with van der Waals surface area (Å²) in [7, 11) is 0. The molecule has 2 rings (SSSR count). The topological polar surface area (TPSA) is 38.7 Å². The molecule has 0 aromatic carbocycles. The minimum atomic E-state index is 0.545. The Bertz CT molecular complexity index is 178. The van der Waals surface area contributed by atoms with Gasteiger partial charge >= 0.3 is 45.6 Å². The number of aromatic nitrogens is 3. The summed E-state index contributed by atoms with van der Waals surface area (Å²) in [4.78, 5) is 0. The SMILES string of the molecule is c1nnnc2c1[Se]2. The summed E-state index contributed by atoms with van der Waals surface area (Å²) >= 11 is 0.545. The van der Waals surface area contributed by atoms with E-state index in [9.17, 15) is 0 Å². The predicted octanol–water partition coefficient (Wildman–Crippen LogP) is -2.16. The Hall–Kier alpha value is -0.471. The van der Waals surface area contributed by atoms with Crippen LogP contribution in [0.15, 0.2) is 6.20 Å². The summed E-state index contributed by atoms with van der Waals surface area (Å²) in [5.41, 5.74) is 0. The van der Waals surface area contributed by atoms with E-state index in [-0.39, 0.29) is 0 Å². The van der Waals surface area contributed by atoms with E-state index in [1.54, 1.807) is 6.20 Å². The first-order valence-corrected chi connectivity index (χ1v) is 3.54. The first-order chi connectivity index (χ1) is 3.47. The van der Waals surface area contributed by atoms with Crippen LogP contribution >= 0.6 is 0 Å². The zero-order valence-corrected chi connectivity index (χ0v) is 5.04.